The Hall–Kier alpha value is -1.36. The van der Waals surface area contributed by atoms with Gasteiger partial charge in [-0.05, 0) is 37.8 Å². The van der Waals surface area contributed by atoms with E-state index < -0.39 is 21.0 Å². The highest BCUT2D eigenvalue weighted by Gasteiger charge is 2.32. The Labute approximate surface area is 126 Å². The number of amides is 1. The molecule has 3 atom stereocenters. The SMILES string of the molecule is CC1CCCCC1NC(=O)C(C)S(=O)(=O)c1ccccc1. The maximum Gasteiger partial charge on any atom is 0.238 e. The molecule has 0 saturated heterocycles. The van der Waals surface area contributed by atoms with Gasteiger partial charge in [0, 0.05) is 6.04 Å². The number of carbonyl (C=O) groups is 1. The summed E-state index contributed by atoms with van der Waals surface area (Å²) in [4.78, 5) is 12.5. The van der Waals surface area contributed by atoms with E-state index in [4.69, 9.17) is 0 Å². The van der Waals surface area contributed by atoms with Gasteiger partial charge in [-0.3, -0.25) is 4.79 Å². The Kier molecular flexibility index (Phi) is 5.04. The van der Waals surface area contributed by atoms with Crippen LogP contribution in [0.3, 0.4) is 0 Å². The van der Waals surface area contributed by atoms with Crippen molar-refractivity contribution in [2.24, 2.45) is 5.92 Å². The predicted molar refractivity (Wildman–Crippen MR) is 82.7 cm³/mol. The van der Waals surface area contributed by atoms with Gasteiger partial charge >= 0.3 is 0 Å². The fourth-order valence-corrected chi connectivity index (χ4v) is 4.08. The Balaban J connectivity index is 2.08. The van der Waals surface area contributed by atoms with Crippen LogP contribution in [0.2, 0.25) is 0 Å². The first-order chi connectivity index (χ1) is 9.93. The fourth-order valence-electron chi connectivity index (χ4n) is 2.79. The molecule has 3 unspecified atom stereocenters. The van der Waals surface area contributed by atoms with Crippen molar-refractivity contribution >= 4 is 15.7 Å². The van der Waals surface area contributed by atoms with Crippen molar-refractivity contribution in [3.8, 4) is 0 Å². The summed E-state index contributed by atoms with van der Waals surface area (Å²) in [5.41, 5.74) is 0. The van der Waals surface area contributed by atoms with E-state index in [9.17, 15) is 13.2 Å². The van der Waals surface area contributed by atoms with Gasteiger partial charge < -0.3 is 5.32 Å². The molecular formula is C16H23NO3S. The van der Waals surface area contributed by atoms with E-state index in [-0.39, 0.29) is 10.9 Å². The molecule has 0 radical (unpaired) electrons. The van der Waals surface area contributed by atoms with Crippen molar-refractivity contribution in [1.29, 1.82) is 0 Å². The highest BCUT2D eigenvalue weighted by molar-refractivity contribution is 7.92. The summed E-state index contributed by atoms with van der Waals surface area (Å²) in [6.45, 7) is 3.58. The fraction of sp³-hybridized carbons (Fsp3) is 0.562. The van der Waals surface area contributed by atoms with Crippen molar-refractivity contribution in [1.82, 2.24) is 5.32 Å². The lowest BCUT2D eigenvalue weighted by molar-refractivity contribution is -0.121. The predicted octanol–water partition coefficient (Wildman–Crippen LogP) is 2.54. The van der Waals surface area contributed by atoms with Crippen molar-refractivity contribution in [3.05, 3.63) is 30.3 Å². The molecule has 0 spiro atoms. The number of nitrogens with one attached hydrogen (secondary N) is 1. The summed E-state index contributed by atoms with van der Waals surface area (Å²) in [6.07, 6.45) is 4.30. The summed E-state index contributed by atoms with van der Waals surface area (Å²) in [6, 6.07) is 8.25. The Morgan fingerprint density at radius 1 is 1.19 bits per heavy atom. The Morgan fingerprint density at radius 3 is 2.43 bits per heavy atom. The van der Waals surface area contributed by atoms with Crippen LogP contribution in [0.25, 0.3) is 0 Å². The van der Waals surface area contributed by atoms with E-state index >= 15 is 0 Å². The Morgan fingerprint density at radius 2 is 1.81 bits per heavy atom. The lowest BCUT2D eigenvalue weighted by Gasteiger charge is -2.30. The molecule has 1 saturated carbocycles. The third-order valence-electron chi connectivity index (χ3n) is 4.35. The summed E-state index contributed by atoms with van der Waals surface area (Å²) in [5, 5.41) is 1.87. The first-order valence-corrected chi connectivity index (χ1v) is 9.07. The largest absolute Gasteiger partial charge is 0.352 e. The number of hydrogen-bond acceptors (Lipinski definition) is 3. The smallest absolute Gasteiger partial charge is 0.238 e. The first kappa shape index (κ1) is 16.0. The van der Waals surface area contributed by atoms with E-state index in [0.717, 1.165) is 19.3 Å². The molecule has 1 aromatic rings. The molecule has 5 heteroatoms. The Bertz CT molecular complexity index is 583. The van der Waals surface area contributed by atoms with E-state index in [2.05, 4.69) is 12.2 Å². The van der Waals surface area contributed by atoms with Crippen LogP contribution >= 0.6 is 0 Å². The van der Waals surface area contributed by atoms with Gasteiger partial charge in [-0.25, -0.2) is 8.42 Å². The van der Waals surface area contributed by atoms with Crippen molar-refractivity contribution in [3.63, 3.8) is 0 Å². The summed E-state index contributed by atoms with van der Waals surface area (Å²) >= 11 is 0. The number of rotatable bonds is 4. The second-order valence-corrected chi connectivity index (χ2v) is 8.15. The molecule has 1 N–H and O–H groups in total. The molecule has 0 aromatic heterocycles. The zero-order chi connectivity index (χ0) is 15.5. The van der Waals surface area contributed by atoms with Gasteiger partial charge in [0.05, 0.1) is 4.90 Å². The van der Waals surface area contributed by atoms with E-state index in [1.165, 1.54) is 25.5 Å². The highest BCUT2D eigenvalue weighted by atomic mass is 32.2. The van der Waals surface area contributed by atoms with Crippen LogP contribution in [0, 0.1) is 5.92 Å². The van der Waals surface area contributed by atoms with Crippen LogP contribution < -0.4 is 5.32 Å². The minimum absolute atomic E-state index is 0.0969. The molecule has 1 aliphatic rings. The van der Waals surface area contributed by atoms with Crippen LogP contribution in [0.15, 0.2) is 35.2 Å². The van der Waals surface area contributed by atoms with Crippen LogP contribution in [0.5, 0.6) is 0 Å². The van der Waals surface area contributed by atoms with Gasteiger partial charge in [0.1, 0.15) is 5.25 Å². The standard InChI is InChI=1S/C16H23NO3S/c1-12-8-6-7-11-15(12)17-16(18)13(2)21(19,20)14-9-4-3-5-10-14/h3-5,9-10,12-13,15H,6-8,11H2,1-2H3,(H,17,18). The maximum absolute atomic E-state index is 12.4. The quantitative estimate of drug-likeness (QED) is 0.929. The summed E-state index contributed by atoms with van der Waals surface area (Å²) < 4.78 is 24.9. The second-order valence-electron chi connectivity index (χ2n) is 5.88. The monoisotopic (exact) mass is 309 g/mol. The van der Waals surface area contributed by atoms with Gasteiger partial charge in [0.2, 0.25) is 5.91 Å². The number of hydrogen-bond donors (Lipinski definition) is 1. The average Bonchev–Trinajstić information content (AvgIpc) is 2.49. The first-order valence-electron chi connectivity index (χ1n) is 7.52. The van der Waals surface area contributed by atoms with Crippen LogP contribution in [0.4, 0.5) is 0 Å². The molecule has 0 bridgehead atoms. The molecule has 2 rings (SSSR count). The van der Waals surface area contributed by atoms with Gasteiger partial charge in [0.25, 0.3) is 0 Å². The zero-order valence-electron chi connectivity index (χ0n) is 12.6. The van der Waals surface area contributed by atoms with Gasteiger partial charge in [-0.2, -0.15) is 0 Å². The second kappa shape index (κ2) is 6.60. The average molecular weight is 309 g/mol. The molecule has 1 fully saturated rings. The number of benzene rings is 1. The molecular weight excluding hydrogens is 286 g/mol. The number of sulfone groups is 1. The molecule has 0 aliphatic heterocycles. The summed E-state index contributed by atoms with van der Waals surface area (Å²) in [5.74, 6) is 0.0203. The lowest BCUT2D eigenvalue weighted by atomic mass is 9.86. The molecule has 1 aromatic carbocycles. The van der Waals surface area contributed by atoms with Crippen molar-refractivity contribution < 1.29 is 13.2 Å². The van der Waals surface area contributed by atoms with Gasteiger partial charge in [-0.1, -0.05) is 38.0 Å². The molecule has 1 amide bonds. The minimum Gasteiger partial charge on any atom is -0.352 e. The molecule has 1 aliphatic carbocycles. The summed E-state index contributed by atoms with van der Waals surface area (Å²) in [7, 11) is -3.62. The lowest BCUT2D eigenvalue weighted by Crippen LogP contribution is -2.46. The van der Waals surface area contributed by atoms with Gasteiger partial charge in [-0.15, -0.1) is 0 Å². The molecule has 0 heterocycles. The van der Waals surface area contributed by atoms with E-state index in [1.54, 1.807) is 18.2 Å². The van der Waals surface area contributed by atoms with E-state index in [1.807, 2.05) is 0 Å². The van der Waals surface area contributed by atoms with Crippen molar-refractivity contribution in [2.75, 3.05) is 0 Å². The van der Waals surface area contributed by atoms with Crippen molar-refractivity contribution in [2.45, 2.75) is 55.7 Å². The highest BCUT2D eigenvalue weighted by Crippen LogP contribution is 2.24. The minimum atomic E-state index is -3.62. The van der Waals surface area contributed by atoms with Gasteiger partial charge in [0.15, 0.2) is 9.84 Å². The molecule has 4 nitrogen and oxygen atoms in total. The zero-order valence-corrected chi connectivity index (χ0v) is 13.4. The third-order valence-corrected chi connectivity index (χ3v) is 6.42. The normalized spacial score (nSPS) is 24.3. The maximum atomic E-state index is 12.4. The van der Waals surface area contributed by atoms with Crippen LogP contribution in [-0.4, -0.2) is 25.6 Å². The molecule has 116 valence electrons. The topological polar surface area (TPSA) is 63.2 Å². The molecule has 21 heavy (non-hydrogen) atoms. The van der Waals surface area contributed by atoms with Crippen LogP contribution in [-0.2, 0) is 14.6 Å². The third kappa shape index (κ3) is 3.64. The van der Waals surface area contributed by atoms with E-state index in [0.29, 0.717) is 5.92 Å². The van der Waals surface area contributed by atoms with Crippen LogP contribution in [0.1, 0.15) is 39.5 Å². The number of carbonyl (C=O) groups excluding carboxylic acids is 1.